The van der Waals surface area contributed by atoms with Gasteiger partial charge < -0.3 is 15.2 Å². The molecule has 0 aromatic carbocycles. The number of hydrogen-bond donors (Lipinski definition) is 2. The van der Waals surface area contributed by atoms with Crippen molar-refractivity contribution in [2.45, 2.75) is 12.8 Å². The van der Waals surface area contributed by atoms with E-state index in [4.69, 9.17) is 11.6 Å². The molecule has 1 aliphatic heterocycles. The lowest BCUT2D eigenvalue weighted by molar-refractivity contribution is 0.102. The molecule has 0 unspecified atom stereocenters. The van der Waals surface area contributed by atoms with Crippen molar-refractivity contribution in [1.82, 2.24) is 9.97 Å². The summed E-state index contributed by atoms with van der Waals surface area (Å²) in [7, 11) is 0. The molecule has 1 fully saturated rings. The van der Waals surface area contributed by atoms with Gasteiger partial charge >= 0.3 is 0 Å². The SMILES string of the molecule is O=C(Nc1ccc(N2CCCC2)nc1)c1cc(Cl)c[nH]1. The molecule has 2 aromatic rings. The molecule has 2 aromatic heterocycles. The summed E-state index contributed by atoms with van der Waals surface area (Å²) in [5, 5.41) is 3.29. The van der Waals surface area contributed by atoms with E-state index in [-0.39, 0.29) is 5.91 Å². The zero-order chi connectivity index (χ0) is 13.9. The van der Waals surface area contributed by atoms with E-state index in [1.54, 1.807) is 18.5 Å². The summed E-state index contributed by atoms with van der Waals surface area (Å²) < 4.78 is 0. The molecule has 0 bridgehead atoms. The van der Waals surface area contributed by atoms with E-state index in [0.29, 0.717) is 16.4 Å². The summed E-state index contributed by atoms with van der Waals surface area (Å²) in [5.74, 6) is 0.732. The Kier molecular flexibility index (Phi) is 3.60. The van der Waals surface area contributed by atoms with Crippen LogP contribution in [0.4, 0.5) is 11.5 Å². The number of carbonyl (C=O) groups is 1. The van der Waals surface area contributed by atoms with Gasteiger partial charge in [-0.15, -0.1) is 0 Å². The van der Waals surface area contributed by atoms with Crippen LogP contribution in [0.5, 0.6) is 0 Å². The summed E-state index contributed by atoms with van der Waals surface area (Å²) in [6, 6.07) is 5.38. The van der Waals surface area contributed by atoms with Crippen LogP contribution in [0, 0.1) is 0 Å². The summed E-state index contributed by atoms with van der Waals surface area (Å²) in [6.07, 6.45) is 5.68. The Morgan fingerprint density at radius 2 is 2.15 bits per heavy atom. The Balaban J connectivity index is 1.67. The number of hydrogen-bond acceptors (Lipinski definition) is 3. The Labute approximate surface area is 122 Å². The molecule has 1 amide bonds. The molecule has 3 heterocycles. The first kappa shape index (κ1) is 13.0. The Morgan fingerprint density at radius 1 is 1.35 bits per heavy atom. The molecule has 1 saturated heterocycles. The quantitative estimate of drug-likeness (QED) is 0.914. The fourth-order valence-corrected chi connectivity index (χ4v) is 2.45. The number of H-pyrrole nitrogens is 1. The molecule has 6 heteroatoms. The highest BCUT2D eigenvalue weighted by atomic mass is 35.5. The number of aromatic nitrogens is 2. The van der Waals surface area contributed by atoms with Crippen LogP contribution < -0.4 is 10.2 Å². The normalized spacial score (nSPS) is 14.6. The molecular formula is C14H15ClN4O. The fraction of sp³-hybridized carbons (Fsp3) is 0.286. The van der Waals surface area contributed by atoms with E-state index in [9.17, 15) is 4.79 Å². The summed E-state index contributed by atoms with van der Waals surface area (Å²) in [5.41, 5.74) is 1.10. The van der Waals surface area contributed by atoms with Gasteiger partial charge in [0.25, 0.3) is 5.91 Å². The number of pyridine rings is 1. The molecule has 0 spiro atoms. The number of halogens is 1. The minimum Gasteiger partial charge on any atom is -0.357 e. The van der Waals surface area contributed by atoms with Gasteiger partial charge in [-0.1, -0.05) is 11.6 Å². The summed E-state index contributed by atoms with van der Waals surface area (Å²) >= 11 is 5.77. The van der Waals surface area contributed by atoms with Crippen LogP contribution in [0.3, 0.4) is 0 Å². The molecule has 3 rings (SSSR count). The highest BCUT2D eigenvalue weighted by Gasteiger charge is 2.13. The molecule has 104 valence electrons. The highest BCUT2D eigenvalue weighted by molar-refractivity contribution is 6.31. The molecule has 2 N–H and O–H groups in total. The smallest absolute Gasteiger partial charge is 0.272 e. The maximum Gasteiger partial charge on any atom is 0.272 e. The van der Waals surface area contributed by atoms with Gasteiger partial charge in [-0.2, -0.15) is 0 Å². The number of aromatic amines is 1. The highest BCUT2D eigenvalue weighted by Crippen LogP contribution is 2.19. The number of nitrogens with zero attached hydrogens (tertiary/aromatic N) is 2. The van der Waals surface area contributed by atoms with Crippen LogP contribution in [-0.4, -0.2) is 29.0 Å². The van der Waals surface area contributed by atoms with E-state index < -0.39 is 0 Å². The van der Waals surface area contributed by atoms with Crippen molar-refractivity contribution < 1.29 is 4.79 Å². The average molecular weight is 291 g/mol. The third-order valence-corrected chi connectivity index (χ3v) is 3.55. The minimum atomic E-state index is -0.229. The molecule has 0 atom stereocenters. The fourth-order valence-electron chi connectivity index (χ4n) is 2.29. The van der Waals surface area contributed by atoms with Gasteiger partial charge in [0, 0.05) is 19.3 Å². The van der Waals surface area contributed by atoms with E-state index in [0.717, 1.165) is 18.9 Å². The maximum atomic E-state index is 11.9. The van der Waals surface area contributed by atoms with Gasteiger partial charge in [-0.3, -0.25) is 4.79 Å². The van der Waals surface area contributed by atoms with Crippen molar-refractivity contribution in [2.24, 2.45) is 0 Å². The number of nitrogens with one attached hydrogen (secondary N) is 2. The Hall–Kier alpha value is -2.01. The van der Waals surface area contributed by atoms with E-state index in [1.807, 2.05) is 12.1 Å². The van der Waals surface area contributed by atoms with Crippen molar-refractivity contribution in [3.8, 4) is 0 Å². The third-order valence-electron chi connectivity index (χ3n) is 3.33. The van der Waals surface area contributed by atoms with Crippen LogP contribution in [0.25, 0.3) is 0 Å². The van der Waals surface area contributed by atoms with Crippen molar-refractivity contribution in [1.29, 1.82) is 0 Å². The lowest BCUT2D eigenvalue weighted by atomic mass is 10.3. The molecular weight excluding hydrogens is 276 g/mol. The molecule has 1 aliphatic rings. The van der Waals surface area contributed by atoms with Gasteiger partial charge in [0.2, 0.25) is 0 Å². The molecule has 20 heavy (non-hydrogen) atoms. The van der Waals surface area contributed by atoms with Crippen molar-refractivity contribution >= 4 is 29.0 Å². The van der Waals surface area contributed by atoms with Crippen molar-refractivity contribution in [3.05, 3.63) is 41.3 Å². The monoisotopic (exact) mass is 290 g/mol. The molecule has 0 saturated carbocycles. The lowest BCUT2D eigenvalue weighted by Gasteiger charge is -2.16. The molecule has 0 aliphatic carbocycles. The summed E-state index contributed by atoms with van der Waals surface area (Å²) in [6.45, 7) is 2.11. The average Bonchev–Trinajstić information content (AvgIpc) is 3.10. The van der Waals surface area contributed by atoms with Gasteiger partial charge in [0.05, 0.1) is 16.9 Å². The second-order valence-electron chi connectivity index (χ2n) is 4.78. The van der Waals surface area contributed by atoms with Crippen LogP contribution >= 0.6 is 11.6 Å². The summed E-state index contributed by atoms with van der Waals surface area (Å²) in [4.78, 5) is 21.4. The molecule has 0 radical (unpaired) electrons. The van der Waals surface area contributed by atoms with Gasteiger partial charge in [0.1, 0.15) is 11.5 Å². The Morgan fingerprint density at radius 3 is 2.75 bits per heavy atom. The predicted octanol–water partition coefficient (Wildman–Crippen LogP) is 2.92. The van der Waals surface area contributed by atoms with E-state index in [2.05, 4.69) is 20.2 Å². The largest absolute Gasteiger partial charge is 0.357 e. The zero-order valence-electron chi connectivity index (χ0n) is 10.9. The van der Waals surface area contributed by atoms with Gasteiger partial charge in [0.15, 0.2) is 0 Å². The van der Waals surface area contributed by atoms with Crippen LogP contribution in [-0.2, 0) is 0 Å². The standard InChI is InChI=1S/C14H15ClN4O/c15-10-7-12(16-8-10)14(20)18-11-3-4-13(17-9-11)19-5-1-2-6-19/h3-4,7-9,16H,1-2,5-6H2,(H,18,20). The second kappa shape index (κ2) is 5.54. The van der Waals surface area contributed by atoms with Crippen LogP contribution in [0.2, 0.25) is 5.02 Å². The van der Waals surface area contributed by atoms with E-state index in [1.165, 1.54) is 12.8 Å². The third kappa shape index (κ3) is 2.77. The first-order valence-corrected chi connectivity index (χ1v) is 6.96. The lowest BCUT2D eigenvalue weighted by Crippen LogP contribution is -2.19. The number of amides is 1. The van der Waals surface area contributed by atoms with Gasteiger partial charge in [-0.05, 0) is 31.0 Å². The van der Waals surface area contributed by atoms with Gasteiger partial charge in [-0.25, -0.2) is 4.98 Å². The topological polar surface area (TPSA) is 61.0 Å². The van der Waals surface area contributed by atoms with Crippen molar-refractivity contribution in [3.63, 3.8) is 0 Å². The first-order valence-electron chi connectivity index (χ1n) is 6.59. The van der Waals surface area contributed by atoms with E-state index >= 15 is 0 Å². The minimum absolute atomic E-state index is 0.229. The maximum absolute atomic E-state index is 11.9. The van der Waals surface area contributed by atoms with Crippen LogP contribution in [0.15, 0.2) is 30.6 Å². The predicted molar refractivity (Wildman–Crippen MR) is 79.4 cm³/mol. The Bertz CT molecular complexity index is 602. The number of rotatable bonds is 3. The first-order chi connectivity index (χ1) is 9.72. The second-order valence-corrected chi connectivity index (χ2v) is 5.22. The zero-order valence-corrected chi connectivity index (χ0v) is 11.7. The van der Waals surface area contributed by atoms with Crippen LogP contribution in [0.1, 0.15) is 23.3 Å². The molecule has 5 nitrogen and oxygen atoms in total. The van der Waals surface area contributed by atoms with Crippen molar-refractivity contribution in [2.75, 3.05) is 23.3 Å². The number of anilines is 2. The number of carbonyl (C=O) groups excluding carboxylic acids is 1.